The lowest BCUT2D eigenvalue weighted by Gasteiger charge is -2.27. The second kappa shape index (κ2) is 5.73. The van der Waals surface area contributed by atoms with Crippen LogP contribution in [-0.4, -0.2) is 24.2 Å². The van der Waals surface area contributed by atoms with E-state index in [9.17, 15) is 9.90 Å². The lowest BCUT2D eigenvalue weighted by Crippen LogP contribution is -2.48. The SMILES string of the molecule is [N-]=[N+]=NCCCNC1(C(=O)O)CCc2ccccc21. The van der Waals surface area contributed by atoms with Gasteiger partial charge < -0.3 is 5.11 Å². The number of hydrogen-bond acceptors (Lipinski definition) is 3. The van der Waals surface area contributed by atoms with Crippen LogP contribution in [0.15, 0.2) is 29.4 Å². The molecular weight excluding hydrogens is 244 g/mol. The van der Waals surface area contributed by atoms with Crippen molar-refractivity contribution in [3.63, 3.8) is 0 Å². The van der Waals surface area contributed by atoms with Crippen LogP contribution in [0.2, 0.25) is 0 Å². The van der Waals surface area contributed by atoms with Crippen molar-refractivity contribution >= 4 is 5.97 Å². The van der Waals surface area contributed by atoms with Crippen LogP contribution in [-0.2, 0) is 16.8 Å². The van der Waals surface area contributed by atoms with Gasteiger partial charge >= 0.3 is 5.97 Å². The standard InChI is InChI=1S/C13H16N4O2/c14-17-16-9-3-8-15-13(12(18)19)7-6-10-4-1-2-5-11(10)13/h1-2,4-5,15H,3,6-9H2,(H,18,19). The van der Waals surface area contributed by atoms with Crippen LogP contribution in [0, 0.1) is 0 Å². The minimum absolute atomic E-state index is 0.376. The largest absolute Gasteiger partial charge is 0.480 e. The molecule has 0 radical (unpaired) electrons. The quantitative estimate of drug-likeness (QED) is 0.355. The first-order valence-electron chi connectivity index (χ1n) is 6.28. The van der Waals surface area contributed by atoms with Gasteiger partial charge in [0, 0.05) is 11.5 Å². The third-order valence-electron chi connectivity index (χ3n) is 3.54. The number of aliphatic carboxylic acids is 1. The molecule has 6 heteroatoms. The van der Waals surface area contributed by atoms with Crippen LogP contribution in [0.3, 0.4) is 0 Å². The molecule has 1 unspecified atom stereocenters. The normalized spacial score (nSPS) is 20.6. The molecule has 1 aromatic rings. The summed E-state index contributed by atoms with van der Waals surface area (Å²) in [4.78, 5) is 14.3. The third-order valence-corrected chi connectivity index (χ3v) is 3.54. The van der Waals surface area contributed by atoms with E-state index in [1.807, 2.05) is 24.3 Å². The van der Waals surface area contributed by atoms with Gasteiger partial charge in [0.15, 0.2) is 0 Å². The Balaban J connectivity index is 2.12. The molecular formula is C13H16N4O2. The summed E-state index contributed by atoms with van der Waals surface area (Å²) < 4.78 is 0. The number of carboxylic acids is 1. The lowest BCUT2D eigenvalue weighted by molar-refractivity contribution is -0.145. The molecule has 2 rings (SSSR count). The maximum atomic E-state index is 11.7. The molecule has 1 aliphatic rings. The predicted molar refractivity (Wildman–Crippen MR) is 70.7 cm³/mol. The summed E-state index contributed by atoms with van der Waals surface area (Å²) in [6.45, 7) is 0.889. The molecule has 0 saturated carbocycles. The van der Waals surface area contributed by atoms with E-state index in [1.54, 1.807) is 0 Å². The van der Waals surface area contributed by atoms with Crippen LogP contribution in [0.5, 0.6) is 0 Å². The van der Waals surface area contributed by atoms with Crippen molar-refractivity contribution in [3.05, 3.63) is 45.8 Å². The number of rotatable bonds is 6. The highest BCUT2D eigenvalue weighted by Gasteiger charge is 2.44. The molecule has 100 valence electrons. The molecule has 0 spiro atoms. The molecule has 1 atom stereocenters. The van der Waals surface area contributed by atoms with E-state index in [2.05, 4.69) is 15.3 Å². The highest BCUT2D eigenvalue weighted by atomic mass is 16.4. The van der Waals surface area contributed by atoms with Gasteiger partial charge in [-0.05, 0) is 42.5 Å². The van der Waals surface area contributed by atoms with Gasteiger partial charge in [0.1, 0.15) is 5.54 Å². The number of carboxylic acid groups (broad SMARTS) is 1. The van der Waals surface area contributed by atoms with Crippen molar-refractivity contribution < 1.29 is 9.90 Å². The minimum Gasteiger partial charge on any atom is -0.480 e. The van der Waals surface area contributed by atoms with Crippen LogP contribution in [0.25, 0.3) is 10.4 Å². The molecule has 0 bridgehead atoms. The summed E-state index contributed by atoms with van der Waals surface area (Å²) in [5.74, 6) is -0.846. The Kier molecular flexibility index (Phi) is 4.04. The first-order chi connectivity index (χ1) is 9.20. The number of nitrogens with one attached hydrogen (secondary N) is 1. The number of hydrogen-bond donors (Lipinski definition) is 2. The number of benzene rings is 1. The average Bonchev–Trinajstić information content (AvgIpc) is 2.79. The van der Waals surface area contributed by atoms with Crippen molar-refractivity contribution in [2.45, 2.75) is 24.8 Å². The first kappa shape index (κ1) is 13.4. The fraction of sp³-hybridized carbons (Fsp3) is 0.462. The van der Waals surface area contributed by atoms with Crippen LogP contribution < -0.4 is 5.32 Å². The molecule has 19 heavy (non-hydrogen) atoms. The Hall–Kier alpha value is -2.04. The summed E-state index contributed by atoms with van der Waals surface area (Å²) >= 11 is 0. The van der Waals surface area contributed by atoms with Gasteiger partial charge in [-0.25, -0.2) is 4.79 Å². The highest BCUT2D eigenvalue weighted by molar-refractivity contribution is 5.82. The van der Waals surface area contributed by atoms with Crippen LogP contribution >= 0.6 is 0 Å². The summed E-state index contributed by atoms with van der Waals surface area (Å²) in [5, 5.41) is 16.1. The van der Waals surface area contributed by atoms with E-state index in [0.29, 0.717) is 25.9 Å². The molecule has 0 saturated heterocycles. The predicted octanol–water partition coefficient (Wildman–Crippen LogP) is 2.20. The number of azide groups is 1. The Morgan fingerprint density at radius 3 is 3.05 bits per heavy atom. The maximum absolute atomic E-state index is 11.7. The molecule has 1 aliphatic carbocycles. The van der Waals surface area contributed by atoms with E-state index >= 15 is 0 Å². The zero-order chi connectivity index (χ0) is 13.7. The lowest BCUT2D eigenvalue weighted by atomic mass is 9.91. The van der Waals surface area contributed by atoms with Crippen LogP contribution in [0.1, 0.15) is 24.0 Å². The number of nitrogens with zero attached hydrogens (tertiary/aromatic N) is 3. The smallest absolute Gasteiger partial charge is 0.328 e. The maximum Gasteiger partial charge on any atom is 0.328 e. The van der Waals surface area contributed by atoms with Crippen LogP contribution in [0.4, 0.5) is 0 Å². The van der Waals surface area contributed by atoms with Crippen molar-refractivity contribution in [2.75, 3.05) is 13.1 Å². The average molecular weight is 260 g/mol. The van der Waals surface area contributed by atoms with Crippen molar-refractivity contribution in [1.82, 2.24) is 5.32 Å². The van der Waals surface area contributed by atoms with E-state index in [-0.39, 0.29) is 0 Å². The van der Waals surface area contributed by atoms with Gasteiger partial charge in [-0.2, -0.15) is 0 Å². The fourth-order valence-electron chi connectivity index (χ4n) is 2.59. The van der Waals surface area contributed by atoms with Gasteiger partial charge in [-0.1, -0.05) is 29.4 Å². The zero-order valence-corrected chi connectivity index (χ0v) is 10.5. The van der Waals surface area contributed by atoms with Gasteiger partial charge in [-0.3, -0.25) is 5.32 Å². The first-order valence-corrected chi connectivity index (χ1v) is 6.28. The molecule has 0 aliphatic heterocycles. The van der Waals surface area contributed by atoms with Crippen molar-refractivity contribution in [1.29, 1.82) is 0 Å². The zero-order valence-electron chi connectivity index (χ0n) is 10.5. The molecule has 0 fully saturated rings. The summed E-state index contributed by atoms with van der Waals surface area (Å²) in [6.07, 6.45) is 1.95. The van der Waals surface area contributed by atoms with E-state index in [4.69, 9.17) is 5.53 Å². The van der Waals surface area contributed by atoms with Gasteiger partial charge in [0.25, 0.3) is 0 Å². The van der Waals surface area contributed by atoms with E-state index in [0.717, 1.165) is 17.5 Å². The molecule has 0 heterocycles. The fourth-order valence-corrected chi connectivity index (χ4v) is 2.59. The van der Waals surface area contributed by atoms with E-state index in [1.165, 1.54) is 0 Å². The topological polar surface area (TPSA) is 98.1 Å². The van der Waals surface area contributed by atoms with E-state index < -0.39 is 11.5 Å². The molecule has 0 aromatic heterocycles. The number of fused-ring (bicyclic) bond motifs is 1. The summed E-state index contributed by atoms with van der Waals surface area (Å²) in [6, 6.07) is 7.64. The molecule has 2 N–H and O–H groups in total. The third kappa shape index (κ3) is 2.54. The Morgan fingerprint density at radius 2 is 2.32 bits per heavy atom. The Bertz CT molecular complexity index is 525. The monoisotopic (exact) mass is 260 g/mol. The van der Waals surface area contributed by atoms with Crippen molar-refractivity contribution in [3.8, 4) is 0 Å². The Labute approximate surface area is 111 Å². The van der Waals surface area contributed by atoms with Gasteiger partial charge in [0.05, 0.1) is 0 Å². The summed E-state index contributed by atoms with van der Waals surface area (Å²) in [5.41, 5.74) is 9.14. The van der Waals surface area contributed by atoms with Crippen molar-refractivity contribution in [2.24, 2.45) is 5.11 Å². The molecule has 0 amide bonds. The minimum atomic E-state index is -0.993. The molecule has 1 aromatic carbocycles. The summed E-state index contributed by atoms with van der Waals surface area (Å²) in [7, 11) is 0. The molecule has 6 nitrogen and oxygen atoms in total. The number of carbonyl (C=O) groups is 1. The second-order valence-corrected chi connectivity index (χ2v) is 4.60. The van der Waals surface area contributed by atoms with Gasteiger partial charge in [-0.15, -0.1) is 0 Å². The highest BCUT2D eigenvalue weighted by Crippen LogP contribution is 2.37. The number of aryl methyl sites for hydroxylation is 1. The second-order valence-electron chi connectivity index (χ2n) is 4.60. The Morgan fingerprint density at radius 1 is 1.53 bits per heavy atom. The van der Waals surface area contributed by atoms with Gasteiger partial charge in [0.2, 0.25) is 0 Å².